The lowest BCUT2D eigenvalue weighted by molar-refractivity contribution is 0.190. The Morgan fingerprint density at radius 3 is 2.83 bits per heavy atom. The van der Waals surface area contributed by atoms with Gasteiger partial charge in [-0.05, 0) is 51.2 Å². The van der Waals surface area contributed by atoms with Crippen molar-refractivity contribution >= 4 is 47.4 Å². The summed E-state index contributed by atoms with van der Waals surface area (Å²) < 4.78 is 0. The van der Waals surface area contributed by atoms with Crippen molar-refractivity contribution in [2.45, 2.75) is 25.3 Å². The summed E-state index contributed by atoms with van der Waals surface area (Å²) in [5.74, 6) is 3.46. The van der Waals surface area contributed by atoms with E-state index in [-0.39, 0.29) is 29.5 Å². The molecule has 6 heteroatoms. The van der Waals surface area contributed by atoms with E-state index in [2.05, 4.69) is 72.2 Å². The molecule has 0 bridgehead atoms. The van der Waals surface area contributed by atoms with Gasteiger partial charge in [0.2, 0.25) is 0 Å². The number of para-hydroxylation sites is 1. The van der Waals surface area contributed by atoms with Crippen LogP contribution in [0.25, 0.3) is 0 Å². The van der Waals surface area contributed by atoms with Crippen LogP contribution in [0.3, 0.4) is 0 Å². The molecule has 1 N–H and O–H groups in total. The number of thioether (sulfide) groups is 1. The predicted octanol–water partition coefficient (Wildman–Crippen LogP) is 3.07. The van der Waals surface area contributed by atoms with Crippen molar-refractivity contribution in [3.05, 3.63) is 29.8 Å². The molecule has 0 saturated carbocycles. The van der Waals surface area contributed by atoms with Crippen molar-refractivity contribution in [3.63, 3.8) is 0 Å². The van der Waals surface area contributed by atoms with Crippen LogP contribution in [0.4, 0.5) is 5.69 Å². The normalized spacial score (nSPS) is 23.3. The van der Waals surface area contributed by atoms with Gasteiger partial charge in [0.05, 0.1) is 6.54 Å². The van der Waals surface area contributed by atoms with Gasteiger partial charge in [-0.2, -0.15) is 11.8 Å². The lowest BCUT2D eigenvalue weighted by Crippen LogP contribution is -2.49. The van der Waals surface area contributed by atoms with Crippen molar-refractivity contribution < 1.29 is 0 Å². The van der Waals surface area contributed by atoms with Gasteiger partial charge in [-0.15, -0.1) is 24.0 Å². The average molecular weight is 460 g/mol. The van der Waals surface area contributed by atoms with Gasteiger partial charge in [-0.25, -0.2) is 0 Å². The standard InChI is InChI=1S/C18H28N4S.HI/c1-4-19-17(20-13-18(21(2)3)10-12-23-14-18)22-11-9-15-7-5-6-8-16(15)22;/h5-8H,4,9-14H2,1-3H3,(H,19,20);1H. The van der Waals surface area contributed by atoms with Crippen molar-refractivity contribution in [2.24, 2.45) is 4.99 Å². The second kappa shape index (κ2) is 8.76. The molecule has 1 saturated heterocycles. The fourth-order valence-corrected chi connectivity index (χ4v) is 4.93. The molecule has 24 heavy (non-hydrogen) atoms. The fraction of sp³-hybridized carbons (Fsp3) is 0.611. The Bertz CT molecular complexity index is 570. The summed E-state index contributed by atoms with van der Waals surface area (Å²) in [5, 5.41) is 3.50. The van der Waals surface area contributed by atoms with Crippen molar-refractivity contribution in [1.29, 1.82) is 0 Å². The number of halogens is 1. The predicted molar refractivity (Wildman–Crippen MR) is 117 cm³/mol. The van der Waals surface area contributed by atoms with Gasteiger partial charge in [0.25, 0.3) is 0 Å². The first-order chi connectivity index (χ1) is 11.2. The molecule has 4 nitrogen and oxygen atoms in total. The number of hydrogen-bond donors (Lipinski definition) is 1. The number of likely N-dealkylation sites (N-methyl/N-ethyl adjacent to an activating group) is 1. The molecule has 3 rings (SSSR count). The summed E-state index contributed by atoms with van der Waals surface area (Å²) in [7, 11) is 4.39. The van der Waals surface area contributed by atoms with Crippen LogP contribution >= 0.6 is 35.7 Å². The number of nitrogens with zero attached hydrogens (tertiary/aromatic N) is 3. The Kier molecular flexibility index (Phi) is 7.24. The molecule has 1 atom stereocenters. The molecule has 2 aliphatic heterocycles. The molecule has 1 aromatic carbocycles. The van der Waals surface area contributed by atoms with Crippen molar-refractivity contribution in [2.75, 3.05) is 50.1 Å². The van der Waals surface area contributed by atoms with Gasteiger partial charge >= 0.3 is 0 Å². The van der Waals surface area contributed by atoms with Crippen LogP contribution < -0.4 is 10.2 Å². The summed E-state index contributed by atoms with van der Waals surface area (Å²) in [6.45, 7) is 4.94. The van der Waals surface area contributed by atoms with Crippen molar-refractivity contribution in [1.82, 2.24) is 10.2 Å². The first-order valence-corrected chi connectivity index (χ1v) is 9.71. The molecular weight excluding hydrogens is 431 g/mol. The Morgan fingerprint density at radius 2 is 2.17 bits per heavy atom. The van der Waals surface area contributed by atoms with E-state index >= 15 is 0 Å². The van der Waals surface area contributed by atoms with Crippen LogP contribution in [0.5, 0.6) is 0 Å². The molecule has 2 heterocycles. The molecule has 1 unspecified atom stereocenters. The summed E-state index contributed by atoms with van der Waals surface area (Å²) in [6.07, 6.45) is 2.33. The van der Waals surface area contributed by atoms with Gasteiger partial charge in [0.15, 0.2) is 5.96 Å². The van der Waals surface area contributed by atoms with E-state index in [0.717, 1.165) is 32.0 Å². The minimum Gasteiger partial charge on any atom is -0.356 e. The van der Waals surface area contributed by atoms with E-state index in [1.807, 2.05) is 0 Å². The van der Waals surface area contributed by atoms with Crippen LogP contribution in [0, 0.1) is 0 Å². The van der Waals surface area contributed by atoms with Crippen molar-refractivity contribution in [3.8, 4) is 0 Å². The minimum absolute atomic E-state index is 0. The minimum atomic E-state index is 0. The van der Waals surface area contributed by atoms with E-state index in [1.54, 1.807) is 0 Å². The Balaban J connectivity index is 0.00000208. The highest BCUT2D eigenvalue weighted by atomic mass is 127. The second-order valence-electron chi connectivity index (χ2n) is 6.62. The number of hydrogen-bond acceptors (Lipinski definition) is 3. The topological polar surface area (TPSA) is 30.9 Å². The van der Waals surface area contributed by atoms with Gasteiger partial charge < -0.3 is 15.1 Å². The van der Waals surface area contributed by atoms with E-state index in [4.69, 9.17) is 4.99 Å². The maximum atomic E-state index is 5.05. The first kappa shape index (κ1) is 19.8. The van der Waals surface area contributed by atoms with E-state index in [0.29, 0.717) is 0 Å². The van der Waals surface area contributed by atoms with Crippen LogP contribution in [-0.2, 0) is 6.42 Å². The van der Waals surface area contributed by atoms with E-state index in [9.17, 15) is 0 Å². The third-order valence-electron chi connectivity index (χ3n) is 5.03. The lowest BCUT2D eigenvalue weighted by atomic mass is 9.98. The first-order valence-electron chi connectivity index (χ1n) is 8.55. The van der Waals surface area contributed by atoms with Gasteiger partial charge in [-0.3, -0.25) is 4.99 Å². The molecule has 1 fully saturated rings. The summed E-state index contributed by atoms with van der Waals surface area (Å²) in [5.41, 5.74) is 2.95. The maximum Gasteiger partial charge on any atom is 0.198 e. The highest BCUT2D eigenvalue weighted by molar-refractivity contribution is 14.0. The van der Waals surface area contributed by atoms with Gasteiger partial charge in [-0.1, -0.05) is 18.2 Å². The highest BCUT2D eigenvalue weighted by Crippen LogP contribution is 2.33. The Hall–Kier alpha value is -0.470. The molecule has 0 aliphatic carbocycles. The Morgan fingerprint density at radius 1 is 1.38 bits per heavy atom. The summed E-state index contributed by atoms with van der Waals surface area (Å²) in [4.78, 5) is 9.77. The fourth-order valence-electron chi connectivity index (χ4n) is 3.39. The molecule has 0 radical (unpaired) electrons. The largest absolute Gasteiger partial charge is 0.356 e. The van der Waals surface area contributed by atoms with Crippen LogP contribution in [0.2, 0.25) is 0 Å². The summed E-state index contributed by atoms with van der Waals surface area (Å²) in [6, 6.07) is 8.69. The third-order valence-corrected chi connectivity index (χ3v) is 6.27. The number of fused-ring (bicyclic) bond motifs is 1. The molecule has 1 aromatic rings. The molecule has 134 valence electrons. The molecule has 0 spiro atoms. The number of rotatable bonds is 4. The smallest absolute Gasteiger partial charge is 0.198 e. The zero-order chi connectivity index (χ0) is 16.3. The molecule has 0 aromatic heterocycles. The number of aliphatic imine (C=N–C) groups is 1. The third kappa shape index (κ3) is 4.02. The number of guanidine groups is 1. The van der Waals surface area contributed by atoms with Crippen LogP contribution in [-0.4, -0.2) is 61.6 Å². The SMILES string of the molecule is CCNC(=NCC1(N(C)C)CCSC1)N1CCc2ccccc21.I. The van der Waals surface area contributed by atoms with E-state index < -0.39 is 0 Å². The molecular formula is C18H29IN4S. The van der Waals surface area contributed by atoms with Gasteiger partial charge in [0, 0.05) is 30.1 Å². The number of anilines is 1. The number of nitrogens with one attached hydrogen (secondary N) is 1. The highest BCUT2D eigenvalue weighted by Gasteiger charge is 2.36. The summed E-state index contributed by atoms with van der Waals surface area (Å²) >= 11 is 2.05. The average Bonchev–Trinajstić information content (AvgIpc) is 3.19. The lowest BCUT2D eigenvalue weighted by Gasteiger charge is -2.34. The zero-order valence-corrected chi connectivity index (χ0v) is 18.1. The molecule has 0 amide bonds. The number of benzene rings is 1. The monoisotopic (exact) mass is 460 g/mol. The molecule has 2 aliphatic rings. The van der Waals surface area contributed by atoms with Gasteiger partial charge in [0.1, 0.15) is 0 Å². The zero-order valence-electron chi connectivity index (χ0n) is 14.9. The van der Waals surface area contributed by atoms with Crippen LogP contribution in [0.1, 0.15) is 18.9 Å². The van der Waals surface area contributed by atoms with Crippen LogP contribution in [0.15, 0.2) is 29.3 Å². The quantitative estimate of drug-likeness (QED) is 0.425. The van der Waals surface area contributed by atoms with E-state index in [1.165, 1.54) is 29.2 Å². The Labute approximate surface area is 167 Å². The maximum absolute atomic E-state index is 5.05. The second-order valence-corrected chi connectivity index (χ2v) is 7.73.